The van der Waals surface area contributed by atoms with E-state index >= 15 is 0 Å². The van der Waals surface area contributed by atoms with Gasteiger partial charge in [0.05, 0.1) is 11.8 Å². The fraction of sp³-hybridized carbons (Fsp3) is 0.278. The summed E-state index contributed by atoms with van der Waals surface area (Å²) in [7, 11) is 0. The number of aromatic nitrogens is 1. The van der Waals surface area contributed by atoms with Gasteiger partial charge in [-0.3, -0.25) is 14.5 Å². The molecule has 0 radical (unpaired) electrons. The number of amides is 2. The number of rotatable bonds is 5. The Balaban J connectivity index is 1.75. The van der Waals surface area contributed by atoms with Gasteiger partial charge in [0.15, 0.2) is 18.2 Å². The largest absolute Gasteiger partial charge is 0.489 e. The van der Waals surface area contributed by atoms with Crippen LogP contribution in [0.25, 0.3) is 0 Å². The first-order chi connectivity index (χ1) is 12.0. The molecule has 2 aromatic rings. The molecule has 0 fully saturated rings. The van der Waals surface area contributed by atoms with E-state index in [0.717, 1.165) is 0 Å². The third kappa shape index (κ3) is 3.88. The van der Waals surface area contributed by atoms with Gasteiger partial charge >= 0.3 is 0 Å². The second-order valence-electron chi connectivity index (χ2n) is 5.80. The first-order valence-electron chi connectivity index (χ1n) is 7.98. The highest BCUT2D eigenvalue weighted by molar-refractivity contribution is 6.04. The summed E-state index contributed by atoms with van der Waals surface area (Å²) in [6, 6.07) is 10.6. The molecule has 0 saturated heterocycles. The van der Waals surface area contributed by atoms with Crippen molar-refractivity contribution in [3.63, 3.8) is 0 Å². The van der Waals surface area contributed by atoms with E-state index in [1.807, 2.05) is 19.9 Å². The maximum atomic E-state index is 12.4. The van der Waals surface area contributed by atoms with Crippen LogP contribution in [0.1, 0.15) is 13.8 Å². The molecule has 1 aliphatic rings. The average Bonchev–Trinajstić information content (AvgIpc) is 2.59. The minimum Gasteiger partial charge on any atom is -0.489 e. The van der Waals surface area contributed by atoms with Crippen LogP contribution in [-0.2, 0) is 9.59 Å². The van der Waals surface area contributed by atoms with Gasteiger partial charge in [0.1, 0.15) is 12.3 Å². The second kappa shape index (κ2) is 7.21. The van der Waals surface area contributed by atoms with E-state index in [4.69, 9.17) is 9.47 Å². The Morgan fingerprint density at radius 1 is 1.32 bits per heavy atom. The molecule has 1 aliphatic heterocycles. The van der Waals surface area contributed by atoms with Gasteiger partial charge < -0.3 is 14.8 Å². The van der Waals surface area contributed by atoms with E-state index in [-0.39, 0.29) is 31.1 Å². The number of ether oxygens (including phenoxy) is 2. The zero-order chi connectivity index (χ0) is 17.8. The van der Waals surface area contributed by atoms with Gasteiger partial charge in [-0.1, -0.05) is 12.1 Å². The molecule has 1 aromatic heterocycles. The van der Waals surface area contributed by atoms with Gasteiger partial charge in [0.2, 0.25) is 5.91 Å². The SMILES string of the molecule is CC(C)Oc1ccccc1NC(=O)CN1C(=O)COc2cccnc21. The number of fused-ring (bicyclic) bond motifs is 1. The minimum atomic E-state index is -0.341. The van der Waals surface area contributed by atoms with Crippen LogP contribution in [0, 0.1) is 0 Å². The summed E-state index contributed by atoms with van der Waals surface area (Å²) < 4.78 is 11.0. The standard InChI is InChI=1S/C18H19N3O4/c1-12(2)25-14-7-4-3-6-13(14)20-16(22)10-21-17(23)11-24-15-8-5-9-19-18(15)21/h3-9,12H,10-11H2,1-2H3,(H,20,22). The maximum absolute atomic E-state index is 12.4. The quantitative estimate of drug-likeness (QED) is 0.902. The second-order valence-corrected chi connectivity index (χ2v) is 5.80. The van der Waals surface area contributed by atoms with Crippen molar-refractivity contribution in [2.24, 2.45) is 0 Å². The molecule has 7 heteroatoms. The molecule has 0 atom stereocenters. The number of hydrogen-bond acceptors (Lipinski definition) is 5. The third-order valence-electron chi connectivity index (χ3n) is 3.48. The molecule has 0 bridgehead atoms. The lowest BCUT2D eigenvalue weighted by atomic mass is 10.2. The predicted octanol–water partition coefficient (Wildman–Crippen LogP) is 2.23. The van der Waals surface area contributed by atoms with E-state index in [9.17, 15) is 9.59 Å². The Hall–Kier alpha value is -3.09. The highest BCUT2D eigenvalue weighted by Gasteiger charge is 2.28. The Morgan fingerprint density at radius 2 is 2.12 bits per heavy atom. The molecular formula is C18H19N3O4. The average molecular weight is 341 g/mol. The minimum absolute atomic E-state index is 0.0186. The molecule has 3 rings (SSSR count). The summed E-state index contributed by atoms with van der Waals surface area (Å²) in [6.45, 7) is 3.56. The van der Waals surface area contributed by atoms with Crippen molar-refractivity contribution in [2.75, 3.05) is 23.4 Å². The van der Waals surface area contributed by atoms with Crippen LogP contribution in [0.5, 0.6) is 11.5 Å². The zero-order valence-electron chi connectivity index (χ0n) is 14.1. The summed E-state index contributed by atoms with van der Waals surface area (Å²) in [6.07, 6.45) is 1.53. The number of nitrogens with zero attached hydrogens (tertiary/aromatic N) is 2. The van der Waals surface area contributed by atoms with E-state index in [2.05, 4.69) is 10.3 Å². The molecule has 1 N–H and O–H groups in total. The van der Waals surface area contributed by atoms with Gasteiger partial charge in [-0.2, -0.15) is 0 Å². The topological polar surface area (TPSA) is 80.8 Å². The van der Waals surface area contributed by atoms with E-state index in [1.54, 1.807) is 36.5 Å². The van der Waals surface area contributed by atoms with Crippen molar-refractivity contribution in [2.45, 2.75) is 20.0 Å². The van der Waals surface area contributed by atoms with Crippen molar-refractivity contribution in [1.82, 2.24) is 4.98 Å². The van der Waals surface area contributed by atoms with E-state index in [0.29, 0.717) is 23.0 Å². The van der Waals surface area contributed by atoms with Crippen molar-refractivity contribution in [3.8, 4) is 11.5 Å². The summed E-state index contributed by atoms with van der Waals surface area (Å²) in [5.41, 5.74) is 0.558. The van der Waals surface area contributed by atoms with Crippen molar-refractivity contribution >= 4 is 23.3 Å². The number of carbonyl (C=O) groups excluding carboxylic acids is 2. The smallest absolute Gasteiger partial charge is 0.266 e. The monoisotopic (exact) mass is 341 g/mol. The predicted molar refractivity (Wildman–Crippen MR) is 92.9 cm³/mol. The molecule has 25 heavy (non-hydrogen) atoms. The number of para-hydroxylation sites is 2. The zero-order valence-corrected chi connectivity index (χ0v) is 14.1. The van der Waals surface area contributed by atoms with Crippen LogP contribution in [0.2, 0.25) is 0 Å². The molecule has 2 amide bonds. The molecule has 0 unspecified atom stereocenters. The molecule has 130 valence electrons. The molecule has 0 saturated carbocycles. The van der Waals surface area contributed by atoms with Crippen LogP contribution in [-0.4, -0.2) is 36.1 Å². The van der Waals surface area contributed by atoms with Crippen LogP contribution in [0.4, 0.5) is 11.5 Å². The van der Waals surface area contributed by atoms with Crippen molar-refractivity contribution in [3.05, 3.63) is 42.6 Å². The summed E-state index contributed by atoms with van der Waals surface area (Å²) in [5, 5.41) is 2.79. The van der Waals surface area contributed by atoms with E-state index in [1.165, 1.54) is 4.90 Å². The highest BCUT2D eigenvalue weighted by Crippen LogP contribution is 2.29. The fourth-order valence-electron chi connectivity index (χ4n) is 2.46. The highest BCUT2D eigenvalue weighted by atomic mass is 16.5. The van der Waals surface area contributed by atoms with Crippen molar-refractivity contribution in [1.29, 1.82) is 0 Å². The number of pyridine rings is 1. The number of benzene rings is 1. The molecule has 0 spiro atoms. The molecular weight excluding hydrogens is 322 g/mol. The molecule has 0 aliphatic carbocycles. The Kier molecular flexibility index (Phi) is 4.83. The van der Waals surface area contributed by atoms with Crippen LogP contribution >= 0.6 is 0 Å². The Bertz CT molecular complexity index is 791. The lowest BCUT2D eigenvalue weighted by Crippen LogP contribution is -2.44. The van der Waals surface area contributed by atoms with Crippen LogP contribution < -0.4 is 19.7 Å². The third-order valence-corrected chi connectivity index (χ3v) is 3.48. The number of carbonyl (C=O) groups is 2. The number of nitrogens with one attached hydrogen (secondary N) is 1. The summed E-state index contributed by atoms with van der Waals surface area (Å²) >= 11 is 0. The van der Waals surface area contributed by atoms with Gasteiger partial charge in [-0.15, -0.1) is 0 Å². The number of hydrogen-bond donors (Lipinski definition) is 1. The Morgan fingerprint density at radius 3 is 2.92 bits per heavy atom. The Labute approximate surface area is 145 Å². The van der Waals surface area contributed by atoms with Gasteiger partial charge in [-0.25, -0.2) is 4.98 Å². The van der Waals surface area contributed by atoms with Crippen LogP contribution in [0.3, 0.4) is 0 Å². The summed E-state index contributed by atoms with van der Waals surface area (Å²) in [4.78, 5) is 30.0. The van der Waals surface area contributed by atoms with Gasteiger partial charge in [0, 0.05) is 6.20 Å². The molecule has 2 heterocycles. The van der Waals surface area contributed by atoms with Crippen LogP contribution in [0.15, 0.2) is 42.6 Å². The van der Waals surface area contributed by atoms with Gasteiger partial charge in [0.25, 0.3) is 5.91 Å². The summed E-state index contributed by atoms with van der Waals surface area (Å²) in [5.74, 6) is 0.761. The fourth-order valence-corrected chi connectivity index (χ4v) is 2.46. The maximum Gasteiger partial charge on any atom is 0.266 e. The molecule has 1 aromatic carbocycles. The van der Waals surface area contributed by atoms with Crippen molar-refractivity contribution < 1.29 is 19.1 Å². The van der Waals surface area contributed by atoms with E-state index < -0.39 is 0 Å². The normalized spacial score (nSPS) is 13.2. The number of anilines is 2. The first kappa shape index (κ1) is 16.8. The van der Waals surface area contributed by atoms with Gasteiger partial charge in [-0.05, 0) is 38.1 Å². The first-order valence-corrected chi connectivity index (χ1v) is 7.98. The molecule has 7 nitrogen and oxygen atoms in total. The lowest BCUT2D eigenvalue weighted by molar-refractivity contribution is -0.123. The lowest BCUT2D eigenvalue weighted by Gasteiger charge is -2.27.